The Morgan fingerprint density at radius 3 is 2.58 bits per heavy atom. The summed E-state index contributed by atoms with van der Waals surface area (Å²) >= 11 is 0. The van der Waals surface area contributed by atoms with Crippen LogP contribution in [0.3, 0.4) is 0 Å². The van der Waals surface area contributed by atoms with Gasteiger partial charge in [-0.15, -0.1) is 0 Å². The van der Waals surface area contributed by atoms with Crippen molar-refractivity contribution >= 4 is 17.5 Å². The Bertz CT molecular complexity index is 444. The number of aryl methyl sites for hydroxylation is 1. The van der Waals surface area contributed by atoms with Gasteiger partial charge >= 0.3 is 11.8 Å². The lowest BCUT2D eigenvalue weighted by Gasteiger charge is -2.10. The van der Waals surface area contributed by atoms with Gasteiger partial charge in [0, 0.05) is 12.2 Å². The van der Waals surface area contributed by atoms with Crippen molar-refractivity contribution in [2.75, 3.05) is 32.5 Å². The molecular weight excluding hydrogens is 242 g/mol. The van der Waals surface area contributed by atoms with Crippen LogP contribution in [0.25, 0.3) is 0 Å². The first kappa shape index (κ1) is 15.2. The zero-order valence-corrected chi connectivity index (χ0v) is 11.7. The van der Waals surface area contributed by atoms with Crippen LogP contribution in [0, 0.1) is 6.92 Å². The average Bonchev–Trinajstić information content (AvgIpc) is 2.34. The zero-order valence-electron chi connectivity index (χ0n) is 11.7. The van der Waals surface area contributed by atoms with E-state index in [4.69, 9.17) is 0 Å². The van der Waals surface area contributed by atoms with Gasteiger partial charge in [-0.05, 0) is 51.7 Å². The van der Waals surface area contributed by atoms with Gasteiger partial charge in [0.15, 0.2) is 0 Å². The molecule has 0 aliphatic rings. The lowest BCUT2D eigenvalue weighted by atomic mass is 10.2. The highest BCUT2D eigenvalue weighted by Crippen LogP contribution is 2.08. The first-order chi connectivity index (χ1) is 8.99. The molecule has 1 rings (SSSR count). The third kappa shape index (κ3) is 6.01. The number of anilines is 1. The molecule has 1 aromatic rings. The minimum atomic E-state index is -0.629. The van der Waals surface area contributed by atoms with Gasteiger partial charge in [-0.3, -0.25) is 9.59 Å². The largest absolute Gasteiger partial charge is 0.348 e. The van der Waals surface area contributed by atoms with E-state index in [0.29, 0.717) is 12.2 Å². The number of carbonyl (C=O) groups excluding carboxylic acids is 2. The van der Waals surface area contributed by atoms with E-state index < -0.39 is 11.8 Å². The fourth-order valence-corrected chi connectivity index (χ4v) is 1.59. The molecule has 0 aromatic heterocycles. The van der Waals surface area contributed by atoms with E-state index in [2.05, 4.69) is 10.6 Å². The van der Waals surface area contributed by atoms with Crippen molar-refractivity contribution in [1.29, 1.82) is 0 Å². The second kappa shape index (κ2) is 7.53. The van der Waals surface area contributed by atoms with Gasteiger partial charge < -0.3 is 15.5 Å². The Balaban J connectivity index is 2.35. The summed E-state index contributed by atoms with van der Waals surface area (Å²) in [6, 6.07) is 7.33. The number of benzene rings is 1. The second-order valence-corrected chi connectivity index (χ2v) is 4.74. The van der Waals surface area contributed by atoms with Crippen LogP contribution < -0.4 is 10.6 Å². The van der Waals surface area contributed by atoms with Crippen LogP contribution in [-0.4, -0.2) is 43.9 Å². The quantitative estimate of drug-likeness (QED) is 0.615. The standard InChI is InChI=1S/C14H21N3O2/c1-11-6-4-7-12(10-11)16-14(19)13(18)15-8-5-9-17(2)3/h4,6-7,10H,5,8-9H2,1-3H3,(H,15,18)(H,16,19). The van der Waals surface area contributed by atoms with Gasteiger partial charge in [-0.2, -0.15) is 0 Å². The molecule has 2 N–H and O–H groups in total. The molecule has 0 heterocycles. The van der Waals surface area contributed by atoms with Gasteiger partial charge in [0.05, 0.1) is 0 Å². The Kier molecular flexibility index (Phi) is 6.02. The first-order valence-corrected chi connectivity index (χ1v) is 6.29. The predicted octanol–water partition coefficient (Wildman–Crippen LogP) is 1.00. The molecule has 1 aromatic carbocycles. The van der Waals surface area contributed by atoms with Crippen molar-refractivity contribution in [2.24, 2.45) is 0 Å². The van der Waals surface area contributed by atoms with E-state index >= 15 is 0 Å². The highest BCUT2D eigenvalue weighted by molar-refractivity contribution is 6.39. The van der Waals surface area contributed by atoms with E-state index in [0.717, 1.165) is 18.5 Å². The molecule has 2 amide bonds. The topological polar surface area (TPSA) is 61.4 Å². The fraction of sp³-hybridized carbons (Fsp3) is 0.429. The van der Waals surface area contributed by atoms with Crippen molar-refractivity contribution in [1.82, 2.24) is 10.2 Å². The van der Waals surface area contributed by atoms with E-state index in [-0.39, 0.29) is 0 Å². The van der Waals surface area contributed by atoms with Crippen LogP contribution in [0.4, 0.5) is 5.69 Å². The van der Waals surface area contributed by atoms with Gasteiger partial charge in [0.25, 0.3) is 0 Å². The molecule has 0 aliphatic heterocycles. The Morgan fingerprint density at radius 2 is 1.95 bits per heavy atom. The second-order valence-electron chi connectivity index (χ2n) is 4.74. The fourth-order valence-electron chi connectivity index (χ4n) is 1.59. The number of nitrogens with one attached hydrogen (secondary N) is 2. The molecule has 0 saturated heterocycles. The third-order valence-corrected chi connectivity index (χ3v) is 2.55. The van der Waals surface area contributed by atoms with Gasteiger partial charge in [-0.1, -0.05) is 12.1 Å². The maximum absolute atomic E-state index is 11.6. The van der Waals surface area contributed by atoms with Crippen LogP contribution in [0.15, 0.2) is 24.3 Å². The van der Waals surface area contributed by atoms with Crippen LogP contribution >= 0.6 is 0 Å². The summed E-state index contributed by atoms with van der Waals surface area (Å²) in [5, 5.41) is 5.17. The zero-order chi connectivity index (χ0) is 14.3. The molecule has 0 fully saturated rings. The van der Waals surface area contributed by atoms with Crippen LogP contribution in [0.2, 0.25) is 0 Å². The molecule has 0 atom stereocenters. The van der Waals surface area contributed by atoms with Crippen molar-refractivity contribution in [3.63, 3.8) is 0 Å². The molecule has 104 valence electrons. The molecule has 0 bridgehead atoms. The SMILES string of the molecule is Cc1cccc(NC(=O)C(=O)NCCCN(C)C)c1. The summed E-state index contributed by atoms with van der Waals surface area (Å²) < 4.78 is 0. The van der Waals surface area contributed by atoms with Gasteiger partial charge in [-0.25, -0.2) is 0 Å². The van der Waals surface area contributed by atoms with Crippen molar-refractivity contribution < 1.29 is 9.59 Å². The van der Waals surface area contributed by atoms with E-state index in [1.54, 1.807) is 6.07 Å². The summed E-state index contributed by atoms with van der Waals surface area (Å²) in [5.41, 5.74) is 1.66. The minimum absolute atomic E-state index is 0.498. The van der Waals surface area contributed by atoms with Crippen LogP contribution in [-0.2, 0) is 9.59 Å². The number of amides is 2. The summed E-state index contributed by atoms with van der Waals surface area (Å²) in [6.07, 6.45) is 0.816. The van der Waals surface area contributed by atoms with Crippen LogP contribution in [0.1, 0.15) is 12.0 Å². The van der Waals surface area contributed by atoms with Gasteiger partial charge in [0.1, 0.15) is 0 Å². The lowest BCUT2D eigenvalue weighted by Crippen LogP contribution is -2.36. The van der Waals surface area contributed by atoms with Gasteiger partial charge in [0.2, 0.25) is 0 Å². The molecular formula is C14H21N3O2. The molecule has 5 heteroatoms. The van der Waals surface area contributed by atoms with Crippen molar-refractivity contribution in [3.8, 4) is 0 Å². The molecule has 19 heavy (non-hydrogen) atoms. The Labute approximate surface area is 114 Å². The lowest BCUT2D eigenvalue weighted by molar-refractivity contribution is -0.136. The number of hydrogen-bond acceptors (Lipinski definition) is 3. The number of rotatable bonds is 5. The third-order valence-electron chi connectivity index (χ3n) is 2.55. The molecule has 0 aliphatic carbocycles. The monoisotopic (exact) mass is 263 g/mol. The normalized spacial score (nSPS) is 10.3. The molecule has 5 nitrogen and oxygen atoms in total. The van der Waals surface area contributed by atoms with Crippen molar-refractivity contribution in [2.45, 2.75) is 13.3 Å². The number of hydrogen-bond donors (Lipinski definition) is 2. The van der Waals surface area contributed by atoms with Crippen molar-refractivity contribution in [3.05, 3.63) is 29.8 Å². The molecule has 0 unspecified atom stereocenters. The summed E-state index contributed by atoms with van der Waals surface area (Å²) in [4.78, 5) is 25.2. The minimum Gasteiger partial charge on any atom is -0.348 e. The Morgan fingerprint density at radius 1 is 1.21 bits per heavy atom. The summed E-state index contributed by atoms with van der Waals surface area (Å²) in [7, 11) is 3.93. The van der Waals surface area contributed by atoms with E-state index in [9.17, 15) is 9.59 Å². The first-order valence-electron chi connectivity index (χ1n) is 6.29. The maximum atomic E-state index is 11.6. The van der Waals surface area contributed by atoms with E-state index in [1.165, 1.54) is 0 Å². The van der Waals surface area contributed by atoms with E-state index in [1.807, 2.05) is 44.1 Å². The smallest absolute Gasteiger partial charge is 0.313 e. The molecule has 0 saturated carbocycles. The van der Waals surface area contributed by atoms with Crippen LogP contribution in [0.5, 0.6) is 0 Å². The number of carbonyl (C=O) groups is 2. The average molecular weight is 263 g/mol. The number of nitrogens with zero attached hydrogens (tertiary/aromatic N) is 1. The Hall–Kier alpha value is -1.88. The molecule has 0 spiro atoms. The highest BCUT2D eigenvalue weighted by atomic mass is 16.2. The highest BCUT2D eigenvalue weighted by Gasteiger charge is 2.12. The molecule has 0 radical (unpaired) electrons. The summed E-state index contributed by atoms with van der Waals surface area (Å²) in [6.45, 7) is 3.30. The predicted molar refractivity (Wildman–Crippen MR) is 76.0 cm³/mol. The summed E-state index contributed by atoms with van der Waals surface area (Å²) in [5.74, 6) is -1.23. The maximum Gasteiger partial charge on any atom is 0.313 e.